The SMILES string of the molecule is COc1ccc(-c2nc3c(c(N4CCOCC4)n2)CCOc2ccccc2-3)cc1. The maximum absolute atomic E-state index is 6.02. The normalized spacial score (nSPS) is 15.7. The van der Waals surface area contributed by atoms with Crippen LogP contribution in [0.25, 0.3) is 22.6 Å². The molecule has 148 valence electrons. The molecule has 1 saturated heterocycles. The van der Waals surface area contributed by atoms with E-state index in [0.29, 0.717) is 25.6 Å². The molecule has 0 saturated carbocycles. The van der Waals surface area contributed by atoms with Crippen molar-refractivity contribution in [3.63, 3.8) is 0 Å². The molecule has 1 aromatic heterocycles. The molecule has 0 radical (unpaired) electrons. The van der Waals surface area contributed by atoms with E-state index in [-0.39, 0.29) is 0 Å². The molecule has 0 atom stereocenters. The smallest absolute Gasteiger partial charge is 0.162 e. The van der Waals surface area contributed by atoms with E-state index in [0.717, 1.165) is 59.2 Å². The third kappa shape index (κ3) is 3.40. The molecule has 1 fully saturated rings. The first-order valence-corrected chi connectivity index (χ1v) is 9.94. The summed E-state index contributed by atoms with van der Waals surface area (Å²) in [6, 6.07) is 16.0. The number of hydrogen-bond donors (Lipinski definition) is 0. The highest BCUT2D eigenvalue weighted by Crippen LogP contribution is 2.38. The van der Waals surface area contributed by atoms with Crippen molar-refractivity contribution in [2.75, 3.05) is 44.9 Å². The van der Waals surface area contributed by atoms with Crippen molar-refractivity contribution in [2.45, 2.75) is 6.42 Å². The zero-order valence-electron chi connectivity index (χ0n) is 16.4. The molecule has 0 amide bonds. The fraction of sp³-hybridized carbons (Fsp3) is 0.304. The lowest BCUT2D eigenvalue weighted by Gasteiger charge is -2.30. The highest BCUT2D eigenvalue weighted by atomic mass is 16.5. The number of para-hydroxylation sites is 1. The maximum atomic E-state index is 6.02. The fourth-order valence-electron chi connectivity index (χ4n) is 3.88. The first-order chi connectivity index (χ1) is 14.3. The van der Waals surface area contributed by atoms with Crippen LogP contribution in [-0.4, -0.2) is 50.0 Å². The predicted molar refractivity (Wildman–Crippen MR) is 112 cm³/mol. The van der Waals surface area contributed by atoms with Gasteiger partial charge in [0, 0.05) is 36.2 Å². The summed E-state index contributed by atoms with van der Waals surface area (Å²) in [4.78, 5) is 12.3. The standard InChI is InChI=1S/C23H23N3O3/c1-27-17-8-6-16(7-9-17)22-24-21-18-4-2-3-5-20(18)29-13-10-19(21)23(25-22)26-11-14-28-15-12-26/h2-9H,10-15H2,1H3. The van der Waals surface area contributed by atoms with E-state index in [2.05, 4.69) is 11.0 Å². The first kappa shape index (κ1) is 17.9. The van der Waals surface area contributed by atoms with E-state index in [1.807, 2.05) is 42.5 Å². The van der Waals surface area contributed by atoms with Gasteiger partial charge in [0.05, 0.1) is 32.6 Å². The van der Waals surface area contributed by atoms with Gasteiger partial charge in [-0.25, -0.2) is 9.97 Å². The van der Waals surface area contributed by atoms with Gasteiger partial charge in [0.15, 0.2) is 5.82 Å². The van der Waals surface area contributed by atoms with Gasteiger partial charge in [-0.3, -0.25) is 0 Å². The zero-order valence-corrected chi connectivity index (χ0v) is 16.4. The molecule has 5 rings (SSSR count). The number of benzene rings is 2. The number of hydrogen-bond acceptors (Lipinski definition) is 6. The van der Waals surface area contributed by atoms with E-state index in [1.54, 1.807) is 7.11 Å². The van der Waals surface area contributed by atoms with Crippen LogP contribution in [-0.2, 0) is 11.2 Å². The lowest BCUT2D eigenvalue weighted by molar-refractivity contribution is 0.122. The van der Waals surface area contributed by atoms with Gasteiger partial charge >= 0.3 is 0 Å². The summed E-state index contributed by atoms with van der Waals surface area (Å²) in [6.45, 7) is 3.70. The minimum atomic E-state index is 0.618. The van der Waals surface area contributed by atoms with Gasteiger partial charge in [-0.1, -0.05) is 12.1 Å². The van der Waals surface area contributed by atoms with Gasteiger partial charge in [-0.05, 0) is 36.4 Å². The molecule has 29 heavy (non-hydrogen) atoms. The fourth-order valence-corrected chi connectivity index (χ4v) is 3.88. The Hall–Kier alpha value is -3.12. The van der Waals surface area contributed by atoms with Crippen molar-refractivity contribution in [3.05, 3.63) is 54.1 Å². The average Bonchev–Trinajstić information content (AvgIpc) is 2.98. The van der Waals surface area contributed by atoms with Crippen molar-refractivity contribution in [2.24, 2.45) is 0 Å². The van der Waals surface area contributed by atoms with Gasteiger partial charge < -0.3 is 19.1 Å². The van der Waals surface area contributed by atoms with Gasteiger partial charge in [-0.15, -0.1) is 0 Å². The second-order valence-corrected chi connectivity index (χ2v) is 7.12. The van der Waals surface area contributed by atoms with Crippen molar-refractivity contribution in [3.8, 4) is 34.1 Å². The molecule has 0 bridgehead atoms. The number of fused-ring (bicyclic) bond motifs is 3. The summed E-state index contributed by atoms with van der Waals surface area (Å²) in [5.41, 5.74) is 4.09. The number of aromatic nitrogens is 2. The Morgan fingerprint density at radius 1 is 0.931 bits per heavy atom. The second-order valence-electron chi connectivity index (χ2n) is 7.12. The minimum absolute atomic E-state index is 0.618. The van der Waals surface area contributed by atoms with Crippen molar-refractivity contribution in [1.29, 1.82) is 0 Å². The van der Waals surface area contributed by atoms with E-state index < -0.39 is 0 Å². The van der Waals surface area contributed by atoms with Crippen molar-refractivity contribution in [1.82, 2.24) is 9.97 Å². The summed E-state index contributed by atoms with van der Waals surface area (Å²) in [7, 11) is 1.67. The number of nitrogens with zero attached hydrogens (tertiary/aromatic N) is 3. The van der Waals surface area contributed by atoms with E-state index >= 15 is 0 Å². The van der Waals surface area contributed by atoms with Crippen LogP contribution in [0.5, 0.6) is 11.5 Å². The predicted octanol–water partition coefficient (Wildman–Crippen LogP) is 3.59. The number of morpholine rings is 1. The van der Waals surface area contributed by atoms with Crippen molar-refractivity contribution >= 4 is 5.82 Å². The molecule has 2 aromatic carbocycles. The second kappa shape index (κ2) is 7.72. The number of methoxy groups -OCH3 is 1. The topological polar surface area (TPSA) is 56.7 Å². The molecule has 3 heterocycles. The molecule has 0 N–H and O–H groups in total. The van der Waals surface area contributed by atoms with Crippen LogP contribution in [0.4, 0.5) is 5.82 Å². The summed E-state index contributed by atoms with van der Waals surface area (Å²) in [5.74, 6) is 3.39. The molecule has 0 aliphatic carbocycles. The quantitative estimate of drug-likeness (QED) is 0.682. The maximum Gasteiger partial charge on any atom is 0.162 e. The monoisotopic (exact) mass is 389 g/mol. The van der Waals surface area contributed by atoms with Gasteiger partial charge in [0.2, 0.25) is 0 Å². The Kier molecular flexibility index (Phi) is 4.77. The molecular weight excluding hydrogens is 366 g/mol. The molecule has 2 aliphatic rings. The Balaban J connectivity index is 1.70. The first-order valence-electron chi connectivity index (χ1n) is 9.94. The lowest BCUT2D eigenvalue weighted by Crippen LogP contribution is -2.37. The molecule has 0 unspecified atom stereocenters. The van der Waals surface area contributed by atoms with Crippen LogP contribution < -0.4 is 14.4 Å². The van der Waals surface area contributed by atoms with E-state index in [9.17, 15) is 0 Å². The summed E-state index contributed by atoms with van der Waals surface area (Å²) < 4.78 is 16.9. The number of rotatable bonds is 3. The third-order valence-electron chi connectivity index (χ3n) is 5.40. The molecule has 2 aliphatic heterocycles. The van der Waals surface area contributed by atoms with Crippen LogP contribution in [0.1, 0.15) is 5.56 Å². The number of anilines is 1. The zero-order chi connectivity index (χ0) is 19.6. The van der Waals surface area contributed by atoms with Crippen LogP contribution >= 0.6 is 0 Å². The molecule has 6 nitrogen and oxygen atoms in total. The van der Waals surface area contributed by atoms with Crippen LogP contribution in [0.2, 0.25) is 0 Å². The lowest BCUT2D eigenvalue weighted by atomic mass is 10.0. The Labute approximate surface area is 170 Å². The largest absolute Gasteiger partial charge is 0.497 e. The molecular formula is C23H23N3O3. The summed E-state index contributed by atoms with van der Waals surface area (Å²) in [5, 5.41) is 0. The highest BCUT2D eigenvalue weighted by Gasteiger charge is 2.25. The Morgan fingerprint density at radius 3 is 2.52 bits per heavy atom. The Morgan fingerprint density at radius 2 is 1.72 bits per heavy atom. The van der Waals surface area contributed by atoms with Crippen molar-refractivity contribution < 1.29 is 14.2 Å². The molecule has 3 aromatic rings. The van der Waals surface area contributed by atoms with Crippen LogP contribution in [0.3, 0.4) is 0 Å². The average molecular weight is 389 g/mol. The van der Waals surface area contributed by atoms with Gasteiger partial charge in [0.1, 0.15) is 17.3 Å². The van der Waals surface area contributed by atoms with Crippen LogP contribution in [0.15, 0.2) is 48.5 Å². The van der Waals surface area contributed by atoms with Gasteiger partial charge in [0.25, 0.3) is 0 Å². The van der Waals surface area contributed by atoms with E-state index in [1.165, 1.54) is 0 Å². The third-order valence-corrected chi connectivity index (χ3v) is 5.40. The number of ether oxygens (including phenoxy) is 3. The Bertz CT molecular complexity index is 1010. The summed E-state index contributed by atoms with van der Waals surface area (Å²) in [6.07, 6.45) is 0.777. The van der Waals surface area contributed by atoms with Crippen LogP contribution in [0, 0.1) is 0 Å². The van der Waals surface area contributed by atoms with Gasteiger partial charge in [-0.2, -0.15) is 0 Å². The minimum Gasteiger partial charge on any atom is -0.497 e. The molecule has 0 spiro atoms. The highest BCUT2D eigenvalue weighted by molar-refractivity contribution is 5.77. The summed E-state index contributed by atoms with van der Waals surface area (Å²) >= 11 is 0. The van der Waals surface area contributed by atoms with E-state index in [4.69, 9.17) is 24.2 Å². The molecule has 6 heteroatoms.